The number of benzene rings is 3. The van der Waals surface area contributed by atoms with Gasteiger partial charge < -0.3 is 29.7 Å². The standard InChI is InChI=1S/C31H38N4O7S/c1-21-18-35(22(2)20-36)30(37)17-23-16-25(33-43(39,40)27-13-11-26(41-4)12-14-27)10-15-28(23)42-29(21)19-34(3)31(38)32-24-8-6-5-7-9-24/h5-16,21-22,29,33,36H,17-20H2,1-4H3,(H,32,38)/t21-,22-,29-/m1/s1. The Labute approximate surface area is 252 Å². The van der Waals surface area contributed by atoms with E-state index in [1.807, 2.05) is 25.1 Å². The van der Waals surface area contributed by atoms with E-state index >= 15 is 0 Å². The van der Waals surface area contributed by atoms with Gasteiger partial charge in [0.05, 0.1) is 37.6 Å². The lowest BCUT2D eigenvalue weighted by Gasteiger charge is -2.34. The number of hydrogen-bond acceptors (Lipinski definition) is 7. The predicted octanol–water partition coefficient (Wildman–Crippen LogP) is 3.81. The molecule has 3 atom stereocenters. The largest absolute Gasteiger partial charge is 0.497 e. The summed E-state index contributed by atoms with van der Waals surface area (Å²) in [5.74, 6) is 0.488. The van der Waals surface area contributed by atoms with E-state index in [9.17, 15) is 23.1 Å². The number of rotatable bonds is 9. The van der Waals surface area contributed by atoms with E-state index in [1.165, 1.54) is 24.1 Å². The number of nitrogens with zero attached hydrogens (tertiary/aromatic N) is 2. The van der Waals surface area contributed by atoms with Crippen molar-refractivity contribution >= 4 is 33.3 Å². The van der Waals surface area contributed by atoms with Gasteiger partial charge in [0, 0.05) is 36.4 Å². The highest BCUT2D eigenvalue weighted by Crippen LogP contribution is 2.30. The Morgan fingerprint density at radius 3 is 2.47 bits per heavy atom. The number of anilines is 2. The van der Waals surface area contributed by atoms with Gasteiger partial charge in [0.1, 0.15) is 17.6 Å². The molecule has 0 unspecified atom stereocenters. The highest BCUT2D eigenvalue weighted by molar-refractivity contribution is 7.92. The second-order valence-electron chi connectivity index (χ2n) is 10.7. The Hall–Kier alpha value is -4.29. The van der Waals surface area contributed by atoms with Crippen LogP contribution in [0.1, 0.15) is 19.4 Å². The van der Waals surface area contributed by atoms with Gasteiger partial charge in [-0.05, 0) is 61.5 Å². The van der Waals surface area contributed by atoms with Crippen molar-refractivity contribution in [1.82, 2.24) is 9.80 Å². The van der Waals surface area contributed by atoms with Gasteiger partial charge in [-0.2, -0.15) is 0 Å². The van der Waals surface area contributed by atoms with Gasteiger partial charge in [0.25, 0.3) is 10.0 Å². The van der Waals surface area contributed by atoms with E-state index in [1.54, 1.807) is 61.3 Å². The number of nitrogens with one attached hydrogen (secondary N) is 2. The molecule has 1 aliphatic rings. The molecule has 0 aliphatic carbocycles. The number of ether oxygens (including phenoxy) is 2. The average molecular weight is 611 g/mol. The van der Waals surface area contributed by atoms with Gasteiger partial charge in [-0.3, -0.25) is 9.52 Å². The zero-order chi connectivity index (χ0) is 31.1. The fraction of sp³-hybridized carbons (Fsp3) is 0.355. The van der Waals surface area contributed by atoms with Gasteiger partial charge in [0.2, 0.25) is 5.91 Å². The number of methoxy groups -OCH3 is 1. The van der Waals surface area contributed by atoms with Crippen molar-refractivity contribution in [2.24, 2.45) is 5.92 Å². The summed E-state index contributed by atoms with van der Waals surface area (Å²) < 4.78 is 40.3. The zero-order valence-corrected chi connectivity index (χ0v) is 25.5. The van der Waals surface area contributed by atoms with Crippen molar-refractivity contribution in [3.05, 3.63) is 78.4 Å². The molecule has 3 aromatic carbocycles. The summed E-state index contributed by atoms with van der Waals surface area (Å²) in [4.78, 5) is 29.6. The number of urea groups is 1. The Morgan fingerprint density at radius 1 is 1.12 bits per heavy atom. The van der Waals surface area contributed by atoms with Gasteiger partial charge >= 0.3 is 6.03 Å². The van der Waals surface area contributed by atoms with Crippen LogP contribution in [0.25, 0.3) is 0 Å². The number of likely N-dealkylation sites (N-methyl/N-ethyl adjacent to an activating group) is 1. The molecule has 230 valence electrons. The van der Waals surface area contributed by atoms with Crippen LogP contribution in [-0.2, 0) is 21.2 Å². The second-order valence-corrected chi connectivity index (χ2v) is 12.4. The van der Waals surface area contributed by atoms with E-state index in [-0.39, 0.29) is 48.0 Å². The third-order valence-corrected chi connectivity index (χ3v) is 8.76. The summed E-state index contributed by atoms with van der Waals surface area (Å²) in [5, 5.41) is 12.7. The molecule has 0 radical (unpaired) electrons. The number of aliphatic hydroxyl groups excluding tert-OH is 1. The van der Waals surface area contributed by atoms with Gasteiger partial charge in [0.15, 0.2) is 0 Å². The van der Waals surface area contributed by atoms with Crippen LogP contribution in [-0.4, -0.2) is 81.3 Å². The molecule has 0 bridgehead atoms. The third-order valence-electron chi connectivity index (χ3n) is 7.36. The average Bonchev–Trinajstić information content (AvgIpc) is 3.04. The molecule has 0 fully saturated rings. The van der Waals surface area contributed by atoms with Crippen LogP contribution >= 0.6 is 0 Å². The lowest BCUT2D eigenvalue weighted by atomic mass is 10.0. The molecule has 11 nitrogen and oxygen atoms in total. The van der Waals surface area contributed by atoms with Gasteiger partial charge in [-0.25, -0.2) is 13.2 Å². The van der Waals surface area contributed by atoms with Crippen LogP contribution in [0, 0.1) is 5.92 Å². The summed E-state index contributed by atoms with van der Waals surface area (Å²) >= 11 is 0. The van der Waals surface area contributed by atoms with Crippen LogP contribution in [0.5, 0.6) is 11.5 Å². The summed E-state index contributed by atoms with van der Waals surface area (Å²) in [6, 6.07) is 19.1. The van der Waals surface area contributed by atoms with Gasteiger partial charge in [-0.15, -0.1) is 0 Å². The first-order chi connectivity index (χ1) is 20.5. The van der Waals surface area contributed by atoms with E-state index in [0.717, 1.165) is 0 Å². The minimum absolute atomic E-state index is 0.0535. The summed E-state index contributed by atoms with van der Waals surface area (Å²) in [6.45, 7) is 3.97. The van der Waals surface area contributed by atoms with Crippen LogP contribution in [0.4, 0.5) is 16.2 Å². The quantitative estimate of drug-likeness (QED) is 0.335. The molecular formula is C31H38N4O7S. The number of para-hydroxylation sites is 1. The lowest BCUT2D eigenvalue weighted by Crippen LogP contribution is -2.48. The summed E-state index contributed by atoms with van der Waals surface area (Å²) in [5.41, 5.74) is 1.40. The molecule has 12 heteroatoms. The SMILES string of the molecule is COc1ccc(S(=O)(=O)Nc2ccc3c(c2)CC(=O)N([C@H](C)CO)C[C@@H](C)[C@@H](CN(C)C(=O)Nc2ccccc2)O3)cc1. The van der Waals surface area contributed by atoms with E-state index in [0.29, 0.717) is 29.3 Å². The molecule has 3 aromatic rings. The summed E-state index contributed by atoms with van der Waals surface area (Å²) in [6.07, 6.45) is -0.590. The maximum Gasteiger partial charge on any atom is 0.321 e. The minimum Gasteiger partial charge on any atom is -0.497 e. The Bertz CT molecular complexity index is 1520. The zero-order valence-electron chi connectivity index (χ0n) is 24.7. The lowest BCUT2D eigenvalue weighted by molar-refractivity contribution is -0.134. The van der Waals surface area contributed by atoms with Crippen molar-refractivity contribution in [1.29, 1.82) is 0 Å². The number of amides is 3. The number of carbonyl (C=O) groups is 2. The van der Waals surface area contributed by atoms with Gasteiger partial charge in [-0.1, -0.05) is 25.1 Å². The number of fused-ring (bicyclic) bond motifs is 1. The molecule has 0 spiro atoms. The molecule has 1 heterocycles. The Morgan fingerprint density at radius 2 is 1.81 bits per heavy atom. The minimum atomic E-state index is -3.93. The fourth-order valence-electron chi connectivity index (χ4n) is 4.77. The molecule has 43 heavy (non-hydrogen) atoms. The smallest absolute Gasteiger partial charge is 0.321 e. The van der Waals surface area contributed by atoms with Crippen molar-refractivity contribution in [3.8, 4) is 11.5 Å². The van der Waals surface area contributed by atoms with E-state index in [2.05, 4.69) is 10.0 Å². The fourth-order valence-corrected chi connectivity index (χ4v) is 5.82. The number of aliphatic hydroxyl groups is 1. The second kappa shape index (κ2) is 13.8. The maximum absolute atomic E-state index is 13.5. The van der Waals surface area contributed by atoms with E-state index in [4.69, 9.17) is 9.47 Å². The first-order valence-corrected chi connectivity index (χ1v) is 15.4. The topological polar surface area (TPSA) is 138 Å². The number of carbonyl (C=O) groups excluding carboxylic acids is 2. The van der Waals surface area contributed by atoms with Crippen LogP contribution in [0.3, 0.4) is 0 Å². The highest BCUT2D eigenvalue weighted by atomic mass is 32.2. The molecule has 0 saturated heterocycles. The number of sulfonamides is 1. The van der Waals surface area contributed by atoms with Crippen molar-refractivity contribution < 1.29 is 32.6 Å². The van der Waals surface area contributed by atoms with Crippen molar-refractivity contribution in [2.45, 2.75) is 37.3 Å². The Kier molecular flexibility index (Phi) is 10.1. The van der Waals surface area contributed by atoms with Crippen molar-refractivity contribution in [3.63, 3.8) is 0 Å². The van der Waals surface area contributed by atoms with Crippen LogP contribution < -0.4 is 19.5 Å². The molecule has 1 aliphatic heterocycles. The van der Waals surface area contributed by atoms with Crippen molar-refractivity contribution in [2.75, 3.05) is 43.9 Å². The molecule has 0 saturated carbocycles. The molecule has 4 rings (SSSR count). The first kappa shape index (κ1) is 31.6. The Balaban J connectivity index is 1.61. The molecule has 3 amide bonds. The van der Waals surface area contributed by atoms with Crippen LogP contribution in [0.2, 0.25) is 0 Å². The molecule has 3 N–H and O–H groups in total. The maximum atomic E-state index is 13.5. The van der Waals surface area contributed by atoms with Crippen LogP contribution in [0.15, 0.2) is 77.7 Å². The summed E-state index contributed by atoms with van der Waals surface area (Å²) in [7, 11) is -0.765. The monoisotopic (exact) mass is 610 g/mol. The normalized spacial score (nSPS) is 17.8. The molecular weight excluding hydrogens is 572 g/mol. The highest BCUT2D eigenvalue weighted by Gasteiger charge is 2.32. The third kappa shape index (κ3) is 7.96. The number of hydrogen-bond donors (Lipinski definition) is 3. The van der Waals surface area contributed by atoms with E-state index < -0.39 is 22.2 Å². The molecule has 0 aromatic heterocycles. The first-order valence-electron chi connectivity index (χ1n) is 13.9. The predicted molar refractivity (Wildman–Crippen MR) is 164 cm³/mol.